The maximum atomic E-state index is 16.0. The molecule has 0 aromatic carbocycles. The number of ether oxygens (including phenoxy) is 3. The monoisotopic (exact) mass is 457 g/mol. The van der Waals surface area contributed by atoms with E-state index in [-0.39, 0.29) is 17.7 Å². The molecule has 0 bridgehead atoms. The zero-order valence-electron chi connectivity index (χ0n) is 18.9. The highest BCUT2D eigenvalue weighted by Crippen LogP contribution is 2.42. The smallest absolute Gasteiger partial charge is 0.351 e. The van der Waals surface area contributed by atoms with Crippen molar-refractivity contribution in [2.24, 2.45) is 23.3 Å². The fourth-order valence-corrected chi connectivity index (χ4v) is 3.14. The van der Waals surface area contributed by atoms with Gasteiger partial charge in [-0.15, -0.1) is 0 Å². The number of nitrogens with zero attached hydrogens (tertiary/aromatic N) is 2. The highest BCUT2D eigenvalue weighted by molar-refractivity contribution is 5.76. The molecule has 1 aliphatic rings. The Morgan fingerprint density at radius 3 is 2.31 bits per heavy atom. The third kappa shape index (κ3) is 5.43. The van der Waals surface area contributed by atoms with Crippen molar-refractivity contribution in [3.63, 3.8) is 0 Å². The molecule has 0 saturated carbocycles. The van der Waals surface area contributed by atoms with Gasteiger partial charge in [0.2, 0.25) is 0 Å². The second-order valence-corrected chi connectivity index (χ2v) is 8.75. The number of halogens is 1. The molecule has 12 heteroatoms. The van der Waals surface area contributed by atoms with E-state index < -0.39 is 60.4 Å². The topological polar surface area (TPSA) is 175 Å². The minimum absolute atomic E-state index is 0.0520. The maximum Gasteiger partial charge on any atom is 0.351 e. The molecule has 11 nitrogen and oxygen atoms in total. The summed E-state index contributed by atoms with van der Waals surface area (Å²) in [6, 6.07) is -0.613. The molecule has 1 fully saturated rings. The van der Waals surface area contributed by atoms with Crippen molar-refractivity contribution in [2.45, 2.75) is 70.8 Å². The van der Waals surface area contributed by atoms with Gasteiger partial charge in [0, 0.05) is 6.20 Å². The van der Waals surface area contributed by atoms with Crippen LogP contribution in [0.2, 0.25) is 0 Å². The molecule has 4 unspecified atom stereocenters. The number of hydrogen-bond acceptors (Lipinski definition) is 10. The van der Waals surface area contributed by atoms with Crippen molar-refractivity contribution < 1.29 is 28.2 Å². The van der Waals surface area contributed by atoms with Gasteiger partial charge in [0.1, 0.15) is 30.6 Å². The van der Waals surface area contributed by atoms with E-state index in [0.29, 0.717) is 0 Å². The van der Waals surface area contributed by atoms with Crippen LogP contribution < -0.4 is 22.9 Å². The first kappa shape index (κ1) is 25.7. The summed E-state index contributed by atoms with van der Waals surface area (Å²) in [6.07, 6.45) is -3.07. The van der Waals surface area contributed by atoms with E-state index in [2.05, 4.69) is 4.98 Å². The van der Waals surface area contributed by atoms with Crippen LogP contribution in [0.4, 0.5) is 10.2 Å². The Hall–Kier alpha value is -2.57. The second kappa shape index (κ2) is 9.92. The van der Waals surface area contributed by atoms with Crippen LogP contribution in [-0.4, -0.2) is 58.1 Å². The van der Waals surface area contributed by atoms with Gasteiger partial charge < -0.3 is 31.4 Å². The number of hydrogen-bond donors (Lipinski definition) is 3. The summed E-state index contributed by atoms with van der Waals surface area (Å²) >= 11 is 0. The van der Waals surface area contributed by atoms with Gasteiger partial charge in [0.15, 0.2) is 18.0 Å². The Bertz CT molecular complexity index is 889. The third-order valence-electron chi connectivity index (χ3n) is 5.40. The van der Waals surface area contributed by atoms with Gasteiger partial charge in [-0.2, -0.15) is 4.98 Å². The van der Waals surface area contributed by atoms with Crippen LogP contribution >= 0.6 is 0 Å². The van der Waals surface area contributed by atoms with Gasteiger partial charge >= 0.3 is 17.6 Å². The zero-order valence-corrected chi connectivity index (χ0v) is 18.9. The molecule has 32 heavy (non-hydrogen) atoms. The summed E-state index contributed by atoms with van der Waals surface area (Å²) in [6.45, 7) is 7.56. The lowest BCUT2D eigenvalue weighted by molar-refractivity contribution is -0.164. The van der Waals surface area contributed by atoms with E-state index >= 15 is 4.39 Å². The molecule has 0 amide bonds. The zero-order chi connectivity index (χ0) is 24.4. The van der Waals surface area contributed by atoms with Crippen molar-refractivity contribution in [1.82, 2.24) is 9.55 Å². The van der Waals surface area contributed by atoms with Gasteiger partial charge in [-0.1, -0.05) is 27.7 Å². The standard InChI is InChI=1S/C20H32FN5O6/c1-9(2)13(23)16(27)30-8-11-15(32-17(28)14(24)10(3)4)20(5,21)18(31-11)26-7-6-12(22)25-19(26)29/h6-7,9-11,13-15,18H,8,23-24H2,1-5H3,(H2,22,25,29)/t11?,13?,14?,15-,18+,20?/m0/s1. The number of aromatic nitrogens is 2. The van der Waals surface area contributed by atoms with Crippen molar-refractivity contribution in [2.75, 3.05) is 12.3 Å². The van der Waals surface area contributed by atoms with Crippen molar-refractivity contribution >= 4 is 17.8 Å². The van der Waals surface area contributed by atoms with Crippen LogP contribution in [0.3, 0.4) is 0 Å². The molecule has 0 aliphatic carbocycles. The molecular weight excluding hydrogens is 425 g/mol. The molecule has 6 N–H and O–H groups in total. The first-order chi connectivity index (χ1) is 14.8. The Labute approximate surface area is 185 Å². The molecule has 0 spiro atoms. The highest BCUT2D eigenvalue weighted by atomic mass is 19.1. The molecule has 1 aromatic rings. The average molecular weight is 458 g/mol. The predicted molar refractivity (Wildman–Crippen MR) is 113 cm³/mol. The summed E-state index contributed by atoms with van der Waals surface area (Å²) in [5, 5.41) is 0. The van der Waals surface area contributed by atoms with E-state index in [0.717, 1.165) is 11.5 Å². The van der Waals surface area contributed by atoms with E-state index in [1.165, 1.54) is 12.3 Å². The molecule has 1 saturated heterocycles. The Morgan fingerprint density at radius 2 is 1.78 bits per heavy atom. The van der Waals surface area contributed by atoms with Crippen molar-refractivity contribution in [3.8, 4) is 0 Å². The second-order valence-electron chi connectivity index (χ2n) is 8.75. The Kier molecular flexibility index (Phi) is 7.97. The minimum Gasteiger partial charge on any atom is -0.462 e. The van der Waals surface area contributed by atoms with Gasteiger partial charge in [0.25, 0.3) is 0 Å². The van der Waals surface area contributed by atoms with Crippen LogP contribution in [0.1, 0.15) is 40.8 Å². The summed E-state index contributed by atoms with van der Waals surface area (Å²) in [7, 11) is 0. The quantitative estimate of drug-likeness (QED) is 0.446. The molecule has 1 aliphatic heterocycles. The van der Waals surface area contributed by atoms with Gasteiger partial charge in [-0.3, -0.25) is 14.2 Å². The van der Waals surface area contributed by atoms with Gasteiger partial charge in [-0.25, -0.2) is 9.18 Å². The first-order valence-corrected chi connectivity index (χ1v) is 10.3. The minimum atomic E-state index is -2.40. The lowest BCUT2D eigenvalue weighted by atomic mass is 9.97. The van der Waals surface area contributed by atoms with Crippen molar-refractivity contribution in [1.29, 1.82) is 0 Å². The van der Waals surface area contributed by atoms with Gasteiger partial charge in [0.05, 0.1) is 0 Å². The van der Waals surface area contributed by atoms with E-state index in [4.69, 9.17) is 31.4 Å². The fourth-order valence-electron chi connectivity index (χ4n) is 3.14. The molecule has 180 valence electrons. The summed E-state index contributed by atoms with van der Waals surface area (Å²) in [5.41, 5.74) is 13.9. The molecule has 2 heterocycles. The SMILES string of the molecule is CC(C)C(N)C(=O)OCC1O[C@@H](n2ccc(N)nc2=O)C(C)(F)[C@H]1OC(=O)C(N)C(C)C. The lowest BCUT2D eigenvalue weighted by Gasteiger charge is -2.29. The van der Waals surface area contributed by atoms with Crippen LogP contribution in [-0.2, 0) is 23.8 Å². The van der Waals surface area contributed by atoms with Crippen LogP contribution in [0.5, 0.6) is 0 Å². The molecule has 2 rings (SSSR count). The third-order valence-corrected chi connectivity index (χ3v) is 5.40. The number of carbonyl (C=O) groups excluding carboxylic acids is 2. The Morgan fingerprint density at radius 1 is 1.22 bits per heavy atom. The first-order valence-electron chi connectivity index (χ1n) is 10.3. The van der Waals surface area contributed by atoms with Crippen molar-refractivity contribution in [3.05, 3.63) is 22.7 Å². The number of carbonyl (C=O) groups is 2. The lowest BCUT2D eigenvalue weighted by Crippen LogP contribution is -2.49. The van der Waals surface area contributed by atoms with Crippen LogP contribution in [0.15, 0.2) is 17.1 Å². The summed E-state index contributed by atoms with van der Waals surface area (Å²) in [4.78, 5) is 40.5. The normalized spacial score (nSPS) is 27.4. The highest BCUT2D eigenvalue weighted by Gasteiger charge is 2.58. The number of alkyl halides is 1. The largest absolute Gasteiger partial charge is 0.462 e. The van der Waals surface area contributed by atoms with E-state index in [1.807, 2.05) is 0 Å². The molecule has 1 aromatic heterocycles. The van der Waals surface area contributed by atoms with E-state index in [1.54, 1.807) is 27.7 Å². The Balaban J connectivity index is 2.34. The number of rotatable bonds is 8. The van der Waals surface area contributed by atoms with Gasteiger partial charge in [-0.05, 0) is 24.8 Å². The fraction of sp³-hybridized carbons (Fsp3) is 0.700. The molecule has 6 atom stereocenters. The number of nitrogens with two attached hydrogens (primary N) is 3. The van der Waals surface area contributed by atoms with E-state index in [9.17, 15) is 14.4 Å². The summed E-state index contributed by atoms with van der Waals surface area (Å²) < 4.78 is 33.1. The molecular formula is C20H32FN5O6. The van der Waals surface area contributed by atoms with Crippen LogP contribution in [0.25, 0.3) is 0 Å². The number of esters is 2. The van der Waals surface area contributed by atoms with Crippen LogP contribution in [0, 0.1) is 11.8 Å². The average Bonchev–Trinajstić information content (AvgIpc) is 2.94. The summed E-state index contributed by atoms with van der Waals surface area (Å²) in [5.74, 6) is -2.08. The molecule has 0 radical (unpaired) electrons. The maximum absolute atomic E-state index is 16.0. The number of nitrogen functional groups attached to an aromatic ring is 1. The number of anilines is 1. The predicted octanol–water partition coefficient (Wildman–Crippen LogP) is -0.127.